The molecule has 0 radical (unpaired) electrons. The predicted octanol–water partition coefficient (Wildman–Crippen LogP) is 7.20. The third kappa shape index (κ3) is 5.90. The van der Waals surface area contributed by atoms with Gasteiger partial charge < -0.3 is 10.2 Å². The van der Waals surface area contributed by atoms with Crippen LogP contribution in [0.3, 0.4) is 0 Å². The van der Waals surface area contributed by atoms with Crippen molar-refractivity contribution in [1.29, 1.82) is 5.26 Å². The van der Waals surface area contributed by atoms with Gasteiger partial charge in [-0.3, -0.25) is 9.69 Å². The zero-order valence-electron chi connectivity index (χ0n) is 23.3. The lowest BCUT2D eigenvalue weighted by atomic mass is 9.99. The van der Waals surface area contributed by atoms with Gasteiger partial charge in [0.25, 0.3) is 5.91 Å². The lowest BCUT2D eigenvalue weighted by Gasteiger charge is -2.32. The lowest BCUT2D eigenvalue weighted by Crippen LogP contribution is -2.46. The molecule has 0 aliphatic carbocycles. The molecule has 2 aliphatic rings. The van der Waals surface area contributed by atoms with Crippen molar-refractivity contribution in [1.82, 2.24) is 14.8 Å². The largest absolute Gasteiger partial charge is 0.416 e. The van der Waals surface area contributed by atoms with Gasteiger partial charge in [-0.1, -0.05) is 18.2 Å². The lowest BCUT2D eigenvalue weighted by molar-refractivity contribution is -0.138. The molecule has 0 spiro atoms. The van der Waals surface area contributed by atoms with E-state index in [1.54, 1.807) is 24.3 Å². The molecule has 0 saturated carbocycles. The molecule has 220 valence electrons. The zero-order valence-corrected chi connectivity index (χ0v) is 23.3. The molecule has 3 aromatic carbocycles. The number of carbonyl (C=O) groups is 1. The summed E-state index contributed by atoms with van der Waals surface area (Å²) in [6.07, 6.45) is -0.687. The van der Waals surface area contributed by atoms with E-state index < -0.39 is 17.6 Å². The Bertz CT molecular complexity index is 1710. The number of pyridine rings is 1. The number of fused-ring (bicyclic) bond motifs is 1. The molecular weight excluding hydrogens is 558 g/mol. The summed E-state index contributed by atoms with van der Waals surface area (Å²) in [7, 11) is 0. The fourth-order valence-electron chi connectivity index (χ4n) is 6.14. The summed E-state index contributed by atoms with van der Waals surface area (Å²) < 4.78 is 54.7. The number of likely N-dealkylation sites (tertiary alicyclic amines) is 2. The van der Waals surface area contributed by atoms with Gasteiger partial charge in [0, 0.05) is 31.6 Å². The standard InChI is InChI=1S/C33H29F4N5O/c34-25-10-11-28(33(35,36)37)24(16-25)20-39-30-18-27(32(43)42-15-3-4-31(42)41-13-1-2-14-41)26-17-23(9-12-29(26)40-30)22-7-5-21(19-38)6-8-22/h5-12,16-18,31H,1-4,13-15,20H2,(H,39,40). The number of halogens is 4. The second kappa shape index (κ2) is 11.7. The summed E-state index contributed by atoms with van der Waals surface area (Å²) in [4.78, 5) is 23.1. The minimum Gasteiger partial charge on any atom is -0.366 e. The van der Waals surface area contributed by atoms with E-state index in [0.717, 1.165) is 68.1 Å². The molecule has 1 N–H and O–H groups in total. The minimum atomic E-state index is -4.65. The van der Waals surface area contributed by atoms with E-state index in [2.05, 4.69) is 21.3 Å². The van der Waals surface area contributed by atoms with Crippen LogP contribution >= 0.6 is 0 Å². The maximum absolute atomic E-state index is 14.2. The summed E-state index contributed by atoms with van der Waals surface area (Å²) in [6, 6.07) is 18.7. The molecule has 0 bridgehead atoms. The summed E-state index contributed by atoms with van der Waals surface area (Å²) in [5.41, 5.74) is 1.93. The molecule has 2 fully saturated rings. The first kappa shape index (κ1) is 28.6. The molecule has 43 heavy (non-hydrogen) atoms. The maximum atomic E-state index is 14.2. The molecule has 10 heteroatoms. The summed E-state index contributed by atoms with van der Waals surface area (Å²) in [6.45, 7) is 2.16. The first-order chi connectivity index (χ1) is 20.7. The van der Waals surface area contributed by atoms with Crippen LogP contribution in [0.25, 0.3) is 22.0 Å². The fourth-order valence-corrected chi connectivity index (χ4v) is 6.14. The quantitative estimate of drug-likeness (QED) is 0.242. The summed E-state index contributed by atoms with van der Waals surface area (Å²) in [5, 5.41) is 12.7. The van der Waals surface area contributed by atoms with Gasteiger partial charge >= 0.3 is 6.18 Å². The number of benzene rings is 3. The third-order valence-corrected chi connectivity index (χ3v) is 8.26. The first-order valence-corrected chi connectivity index (χ1v) is 14.3. The predicted molar refractivity (Wildman–Crippen MR) is 155 cm³/mol. The zero-order chi connectivity index (χ0) is 30.1. The van der Waals surface area contributed by atoms with Gasteiger partial charge in [0.15, 0.2) is 0 Å². The Kier molecular flexibility index (Phi) is 7.75. The van der Waals surface area contributed by atoms with E-state index in [1.165, 1.54) is 0 Å². The van der Waals surface area contributed by atoms with Crippen molar-refractivity contribution >= 4 is 22.6 Å². The molecule has 1 unspecified atom stereocenters. The second-order valence-corrected chi connectivity index (χ2v) is 11.0. The normalized spacial score (nSPS) is 17.4. The van der Waals surface area contributed by atoms with E-state index in [0.29, 0.717) is 28.6 Å². The molecule has 2 saturated heterocycles. The highest BCUT2D eigenvalue weighted by molar-refractivity contribution is 6.08. The number of hydrogen-bond acceptors (Lipinski definition) is 5. The van der Waals surface area contributed by atoms with Crippen LogP contribution in [-0.4, -0.2) is 46.5 Å². The molecule has 3 heterocycles. The van der Waals surface area contributed by atoms with Crippen LogP contribution in [0, 0.1) is 17.1 Å². The van der Waals surface area contributed by atoms with E-state index >= 15 is 0 Å². The highest BCUT2D eigenvalue weighted by Crippen LogP contribution is 2.34. The van der Waals surface area contributed by atoms with Crippen molar-refractivity contribution in [3.8, 4) is 17.2 Å². The molecule has 1 aromatic heterocycles. The highest BCUT2D eigenvalue weighted by atomic mass is 19.4. The van der Waals surface area contributed by atoms with Crippen molar-refractivity contribution < 1.29 is 22.4 Å². The maximum Gasteiger partial charge on any atom is 0.416 e. The van der Waals surface area contributed by atoms with Crippen molar-refractivity contribution in [2.45, 2.75) is 44.6 Å². The summed E-state index contributed by atoms with van der Waals surface area (Å²) >= 11 is 0. The Balaban J connectivity index is 1.40. The number of anilines is 1. The number of aromatic nitrogens is 1. The molecule has 1 atom stereocenters. The Morgan fingerprint density at radius 3 is 2.42 bits per heavy atom. The van der Waals surface area contributed by atoms with Crippen molar-refractivity contribution in [3.63, 3.8) is 0 Å². The van der Waals surface area contributed by atoms with E-state index in [9.17, 15) is 22.4 Å². The molecule has 6 rings (SSSR count). The van der Waals surface area contributed by atoms with Crippen LogP contribution in [-0.2, 0) is 12.7 Å². The first-order valence-electron chi connectivity index (χ1n) is 14.3. The minimum absolute atomic E-state index is 0.00188. The van der Waals surface area contributed by atoms with Crippen LogP contribution in [0.1, 0.15) is 52.7 Å². The number of rotatable bonds is 6. The topological polar surface area (TPSA) is 72.3 Å². The summed E-state index contributed by atoms with van der Waals surface area (Å²) in [5.74, 6) is -0.718. The van der Waals surface area contributed by atoms with Crippen LogP contribution in [0.5, 0.6) is 0 Å². The van der Waals surface area contributed by atoms with Crippen molar-refractivity contribution in [2.24, 2.45) is 0 Å². The van der Waals surface area contributed by atoms with Gasteiger partial charge in [-0.25, -0.2) is 9.37 Å². The smallest absolute Gasteiger partial charge is 0.366 e. The van der Waals surface area contributed by atoms with Gasteiger partial charge in [-0.05, 0) is 90.9 Å². The van der Waals surface area contributed by atoms with Crippen LogP contribution < -0.4 is 5.32 Å². The van der Waals surface area contributed by atoms with Crippen molar-refractivity contribution in [2.75, 3.05) is 25.0 Å². The molecule has 4 aromatic rings. The number of hydrogen-bond donors (Lipinski definition) is 1. The average Bonchev–Trinajstić information content (AvgIpc) is 3.71. The van der Waals surface area contributed by atoms with E-state index in [-0.39, 0.29) is 30.0 Å². The van der Waals surface area contributed by atoms with Crippen LogP contribution in [0.15, 0.2) is 66.7 Å². The van der Waals surface area contributed by atoms with E-state index in [4.69, 9.17) is 5.26 Å². The third-order valence-electron chi connectivity index (χ3n) is 8.26. The Morgan fingerprint density at radius 2 is 1.70 bits per heavy atom. The average molecular weight is 588 g/mol. The monoisotopic (exact) mass is 587 g/mol. The Hall–Kier alpha value is -4.49. The van der Waals surface area contributed by atoms with Crippen LogP contribution in [0.4, 0.5) is 23.4 Å². The molecule has 2 aliphatic heterocycles. The van der Waals surface area contributed by atoms with Gasteiger partial charge in [-0.15, -0.1) is 0 Å². The SMILES string of the molecule is N#Cc1ccc(-c2ccc3nc(NCc4cc(F)ccc4C(F)(F)F)cc(C(=O)N4CCCC4N4CCCC4)c3c2)cc1. The van der Waals surface area contributed by atoms with Crippen molar-refractivity contribution in [3.05, 3.63) is 94.8 Å². The highest BCUT2D eigenvalue weighted by Gasteiger charge is 2.36. The number of nitriles is 1. The number of alkyl halides is 3. The van der Waals surface area contributed by atoms with E-state index in [1.807, 2.05) is 29.2 Å². The van der Waals surface area contributed by atoms with Gasteiger partial charge in [0.2, 0.25) is 0 Å². The number of nitrogens with one attached hydrogen (secondary N) is 1. The van der Waals surface area contributed by atoms with Gasteiger partial charge in [-0.2, -0.15) is 18.4 Å². The number of carbonyl (C=O) groups excluding carboxylic acids is 1. The Labute approximate surface area is 246 Å². The Morgan fingerprint density at radius 1 is 0.953 bits per heavy atom. The molecule has 1 amide bonds. The number of nitrogens with zero attached hydrogens (tertiary/aromatic N) is 4. The number of amides is 1. The van der Waals surface area contributed by atoms with Gasteiger partial charge in [0.05, 0.1) is 34.4 Å². The second-order valence-electron chi connectivity index (χ2n) is 11.0. The molecule has 6 nitrogen and oxygen atoms in total. The fraction of sp³-hybridized carbons (Fsp3) is 0.303. The van der Waals surface area contributed by atoms with Crippen LogP contribution in [0.2, 0.25) is 0 Å². The van der Waals surface area contributed by atoms with Gasteiger partial charge in [0.1, 0.15) is 11.6 Å². The molecular formula is C33H29F4N5O.